The number of amides is 1. The lowest BCUT2D eigenvalue weighted by Gasteiger charge is -2.20. The molecule has 0 aliphatic carbocycles. The summed E-state index contributed by atoms with van der Waals surface area (Å²) >= 11 is 5.78. The Kier molecular flexibility index (Phi) is 5.12. The lowest BCUT2D eigenvalue weighted by atomic mass is 10.0. The molecule has 2 rings (SSSR count). The predicted molar refractivity (Wildman–Crippen MR) is 77.7 cm³/mol. The number of hydrogen-bond acceptors (Lipinski definition) is 3. The van der Waals surface area contributed by atoms with E-state index in [0.717, 1.165) is 6.07 Å². The number of halogens is 2. The first-order valence-electron chi connectivity index (χ1n) is 6.48. The zero-order valence-corrected chi connectivity index (χ0v) is 12.1. The van der Waals surface area contributed by atoms with Gasteiger partial charge < -0.3 is 15.2 Å². The zero-order valence-electron chi connectivity index (χ0n) is 11.4. The molecule has 2 aromatic rings. The highest BCUT2D eigenvalue weighted by molar-refractivity contribution is 6.30. The second kappa shape index (κ2) is 7.04. The summed E-state index contributed by atoms with van der Waals surface area (Å²) < 4.78 is 13.6. The molecule has 0 saturated heterocycles. The average molecular weight is 321 g/mol. The van der Waals surface area contributed by atoms with Crippen LogP contribution in [-0.2, 0) is 4.79 Å². The van der Waals surface area contributed by atoms with Crippen LogP contribution in [0.1, 0.15) is 28.4 Å². The molecule has 0 bridgehead atoms. The number of carbonyl (C=O) groups excluding carboxylic acids is 2. The second-order valence-corrected chi connectivity index (χ2v) is 5.07. The fourth-order valence-electron chi connectivity index (χ4n) is 2.00. The Balaban J connectivity index is 2.23. The van der Waals surface area contributed by atoms with Gasteiger partial charge in [0.05, 0.1) is 11.6 Å². The van der Waals surface area contributed by atoms with Crippen LogP contribution in [0.25, 0.3) is 0 Å². The van der Waals surface area contributed by atoms with Crippen molar-refractivity contribution in [1.82, 2.24) is 5.32 Å². The van der Waals surface area contributed by atoms with Gasteiger partial charge in [-0.1, -0.05) is 35.9 Å². The molecule has 0 saturated carbocycles. The summed E-state index contributed by atoms with van der Waals surface area (Å²) in [7, 11) is 0. The summed E-state index contributed by atoms with van der Waals surface area (Å²) in [4.78, 5) is 23.0. The number of carbonyl (C=O) groups is 2. The Morgan fingerprint density at radius 3 is 2.36 bits per heavy atom. The minimum atomic E-state index is -1.33. The molecule has 0 heterocycles. The summed E-state index contributed by atoms with van der Waals surface area (Å²) in [6.45, 7) is 0. The first-order valence-corrected chi connectivity index (χ1v) is 6.86. The summed E-state index contributed by atoms with van der Waals surface area (Å²) in [6, 6.07) is 11.0. The van der Waals surface area contributed by atoms with Gasteiger partial charge in [0.15, 0.2) is 0 Å². The maximum atomic E-state index is 13.6. The molecular weight excluding hydrogens is 309 g/mol. The van der Waals surface area contributed by atoms with Crippen molar-refractivity contribution in [2.45, 2.75) is 12.5 Å². The Bertz CT molecular complexity index is 688. The first kappa shape index (κ1) is 16.0. The van der Waals surface area contributed by atoms with Crippen molar-refractivity contribution in [3.63, 3.8) is 0 Å². The first-order chi connectivity index (χ1) is 10.5. The standard InChI is InChI=1S/C16H13ClFNO3/c17-11-7-5-10(6-8-11)14(9-15(20)21)19-16(22)12-3-1-2-4-13(12)18/h1-8,14H,9H2,(H,19,22)(H,20,21)/p-1/t14-/m1/s1. The molecule has 6 heteroatoms. The third-order valence-electron chi connectivity index (χ3n) is 3.07. The number of nitrogens with one attached hydrogen (secondary N) is 1. The van der Waals surface area contributed by atoms with E-state index in [9.17, 15) is 19.1 Å². The van der Waals surface area contributed by atoms with Gasteiger partial charge in [-0.15, -0.1) is 0 Å². The predicted octanol–water partition coefficient (Wildman–Crippen LogP) is 2.09. The third kappa shape index (κ3) is 4.05. The van der Waals surface area contributed by atoms with E-state index >= 15 is 0 Å². The molecule has 1 atom stereocenters. The SMILES string of the molecule is O=C([O-])C[C@@H](NC(=O)c1ccccc1F)c1ccc(Cl)cc1. The van der Waals surface area contributed by atoms with E-state index in [1.54, 1.807) is 24.3 Å². The largest absolute Gasteiger partial charge is 0.550 e. The number of aliphatic carboxylic acids is 1. The Morgan fingerprint density at radius 2 is 1.77 bits per heavy atom. The number of carboxylic acid groups (broad SMARTS) is 1. The smallest absolute Gasteiger partial charge is 0.254 e. The van der Waals surface area contributed by atoms with Crippen molar-refractivity contribution < 1.29 is 19.1 Å². The zero-order chi connectivity index (χ0) is 16.1. The lowest BCUT2D eigenvalue weighted by Crippen LogP contribution is -2.34. The highest BCUT2D eigenvalue weighted by atomic mass is 35.5. The van der Waals surface area contributed by atoms with Gasteiger partial charge in [-0.3, -0.25) is 4.79 Å². The van der Waals surface area contributed by atoms with E-state index in [2.05, 4.69) is 5.32 Å². The Morgan fingerprint density at radius 1 is 1.14 bits per heavy atom. The van der Waals surface area contributed by atoms with Crippen LogP contribution < -0.4 is 10.4 Å². The van der Waals surface area contributed by atoms with E-state index in [1.807, 2.05) is 0 Å². The topological polar surface area (TPSA) is 69.2 Å². The molecule has 0 aromatic heterocycles. The molecule has 0 aliphatic heterocycles. The monoisotopic (exact) mass is 320 g/mol. The summed E-state index contributed by atoms with van der Waals surface area (Å²) in [5, 5.41) is 13.9. The third-order valence-corrected chi connectivity index (χ3v) is 3.32. The van der Waals surface area contributed by atoms with Crippen molar-refractivity contribution in [3.05, 3.63) is 70.5 Å². The highest BCUT2D eigenvalue weighted by Crippen LogP contribution is 2.20. The molecule has 1 amide bonds. The second-order valence-electron chi connectivity index (χ2n) is 4.63. The summed E-state index contributed by atoms with van der Waals surface area (Å²) in [6.07, 6.45) is -0.429. The molecule has 2 aromatic carbocycles. The van der Waals surface area contributed by atoms with Crippen molar-refractivity contribution in [2.24, 2.45) is 0 Å². The maximum Gasteiger partial charge on any atom is 0.254 e. The number of rotatable bonds is 5. The highest BCUT2D eigenvalue weighted by Gasteiger charge is 2.18. The summed E-state index contributed by atoms with van der Waals surface area (Å²) in [5.41, 5.74) is 0.387. The molecule has 114 valence electrons. The molecule has 0 unspecified atom stereocenters. The van der Waals surface area contributed by atoms with Gasteiger partial charge in [-0.25, -0.2) is 4.39 Å². The quantitative estimate of drug-likeness (QED) is 0.917. The van der Waals surface area contributed by atoms with Gasteiger partial charge in [-0.05, 0) is 29.8 Å². The van der Waals surface area contributed by atoms with E-state index < -0.39 is 30.2 Å². The van der Waals surface area contributed by atoms with Crippen LogP contribution in [0.5, 0.6) is 0 Å². The van der Waals surface area contributed by atoms with Crippen LogP contribution in [0, 0.1) is 5.82 Å². The van der Waals surface area contributed by atoms with E-state index in [4.69, 9.17) is 11.6 Å². The summed E-state index contributed by atoms with van der Waals surface area (Å²) in [5.74, 6) is -2.70. The molecule has 0 radical (unpaired) electrons. The molecule has 1 N–H and O–H groups in total. The Labute approximate surface area is 131 Å². The molecule has 22 heavy (non-hydrogen) atoms. The number of benzene rings is 2. The van der Waals surface area contributed by atoms with Crippen LogP contribution in [-0.4, -0.2) is 11.9 Å². The normalized spacial score (nSPS) is 11.7. The van der Waals surface area contributed by atoms with Crippen LogP contribution in [0.3, 0.4) is 0 Å². The molecule has 0 aliphatic rings. The van der Waals surface area contributed by atoms with Crippen molar-refractivity contribution >= 4 is 23.5 Å². The van der Waals surface area contributed by atoms with Gasteiger partial charge in [0.25, 0.3) is 5.91 Å². The number of carboxylic acids is 1. The molecule has 4 nitrogen and oxygen atoms in total. The minimum absolute atomic E-state index is 0.153. The number of hydrogen-bond donors (Lipinski definition) is 1. The van der Waals surface area contributed by atoms with Crippen LogP contribution in [0.4, 0.5) is 4.39 Å². The Hall–Kier alpha value is -2.40. The van der Waals surface area contributed by atoms with Crippen molar-refractivity contribution in [1.29, 1.82) is 0 Å². The minimum Gasteiger partial charge on any atom is -0.550 e. The van der Waals surface area contributed by atoms with Gasteiger partial charge in [0.2, 0.25) is 0 Å². The molecule has 0 fully saturated rings. The van der Waals surface area contributed by atoms with E-state index in [1.165, 1.54) is 18.2 Å². The molecular formula is C16H12ClFNO3-. The lowest BCUT2D eigenvalue weighted by molar-refractivity contribution is -0.306. The van der Waals surface area contributed by atoms with Crippen LogP contribution >= 0.6 is 11.6 Å². The van der Waals surface area contributed by atoms with Crippen molar-refractivity contribution in [3.8, 4) is 0 Å². The fourth-order valence-corrected chi connectivity index (χ4v) is 2.12. The van der Waals surface area contributed by atoms with Gasteiger partial charge in [0, 0.05) is 17.4 Å². The van der Waals surface area contributed by atoms with Crippen LogP contribution in [0.2, 0.25) is 5.02 Å². The average Bonchev–Trinajstić information content (AvgIpc) is 2.47. The van der Waals surface area contributed by atoms with E-state index in [0.29, 0.717) is 10.6 Å². The maximum absolute atomic E-state index is 13.6. The van der Waals surface area contributed by atoms with Gasteiger partial charge in [0.1, 0.15) is 5.82 Å². The van der Waals surface area contributed by atoms with Crippen molar-refractivity contribution in [2.75, 3.05) is 0 Å². The van der Waals surface area contributed by atoms with Crippen LogP contribution in [0.15, 0.2) is 48.5 Å². The fraction of sp³-hybridized carbons (Fsp3) is 0.125. The molecule has 0 spiro atoms. The van der Waals surface area contributed by atoms with Gasteiger partial charge >= 0.3 is 0 Å². The van der Waals surface area contributed by atoms with E-state index in [-0.39, 0.29) is 5.56 Å². The van der Waals surface area contributed by atoms with Gasteiger partial charge in [-0.2, -0.15) is 0 Å².